The first-order valence-electron chi connectivity index (χ1n) is 7.36. The molecule has 0 aromatic heterocycles. The molecule has 1 aliphatic rings. The van der Waals surface area contributed by atoms with Gasteiger partial charge in [-0.25, -0.2) is 0 Å². The Balaban J connectivity index is 2.48. The molecule has 1 fully saturated rings. The predicted octanol–water partition coefficient (Wildman–Crippen LogP) is 2.21. The summed E-state index contributed by atoms with van der Waals surface area (Å²) in [5, 5.41) is 24.7. The number of rotatable bonds is 5. The van der Waals surface area contributed by atoms with Crippen LogP contribution in [0.5, 0.6) is 0 Å². The van der Waals surface area contributed by atoms with Gasteiger partial charge in [-0.15, -0.1) is 0 Å². The first kappa shape index (κ1) is 17.1. The van der Waals surface area contributed by atoms with E-state index in [-0.39, 0.29) is 18.3 Å². The molecule has 1 saturated heterocycles. The van der Waals surface area contributed by atoms with Crippen molar-refractivity contribution in [2.24, 2.45) is 5.41 Å². The van der Waals surface area contributed by atoms with E-state index in [0.717, 1.165) is 26.2 Å². The van der Waals surface area contributed by atoms with Crippen LogP contribution >= 0.6 is 11.6 Å². The number of nitro benzene ring substituents is 1. The molecule has 1 aromatic carbocycles. The largest absolute Gasteiger partial charge is 0.396 e. The highest BCUT2D eigenvalue weighted by Gasteiger charge is 2.37. The fourth-order valence-electron chi connectivity index (χ4n) is 2.99. The highest BCUT2D eigenvalue weighted by atomic mass is 35.5. The number of aliphatic hydroxyl groups excluding tert-OH is 1. The van der Waals surface area contributed by atoms with Gasteiger partial charge >= 0.3 is 0 Å². The highest BCUT2D eigenvalue weighted by molar-refractivity contribution is 6.31. The zero-order valence-corrected chi connectivity index (χ0v) is 13.6. The smallest absolute Gasteiger partial charge is 0.269 e. The Hall–Kier alpha value is -1.21. The number of non-ortho nitro benzene ring substituents is 1. The minimum atomic E-state index is -0.462. The molecule has 1 atom stereocenters. The third kappa shape index (κ3) is 3.57. The van der Waals surface area contributed by atoms with Crippen molar-refractivity contribution in [3.05, 3.63) is 38.9 Å². The second-order valence-electron chi connectivity index (χ2n) is 6.30. The molecule has 7 heteroatoms. The van der Waals surface area contributed by atoms with Gasteiger partial charge < -0.3 is 10.4 Å². The predicted molar refractivity (Wildman–Crippen MR) is 86.2 cm³/mol. The Morgan fingerprint density at radius 1 is 1.45 bits per heavy atom. The summed E-state index contributed by atoms with van der Waals surface area (Å²) in [6.45, 7) is 7.21. The van der Waals surface area contributed by atoms with Crippen molar-refractivity contribution >= 4 is 17.3 Å². The zero-order valence-electron chi connectivity index (χ0n) is 12.9. The fourth-order valence-corrected chi connectivity index (χ4v) is 3.21. The summed E-state index contributed by atoms with van der Waals surface area (Å²) < 4.78 is 0. The first-order chi connectivity index (χ1) is 10.4. The molecule has 2 rings (SSSR count). The lowest BCUT2D eigenvalue weighted by molar-refractivity contribution is -0.385. The number of benzene rings is 1. The van der Waals surface area contributed by atoms with Crippen molar-refractivity contribution < 1.29 is 10.0 Å². The molecule has 0 amide bonds. The molecule has 122 valence electrons. The van der Waals surface area contributed by atoms with Crippen LogP contribution in [-0.4, -0.2) is 47.7 Å². The molecule has 1 heterocycles. The summed E-state index contributed by atoms with van der Waals surface area (Å²) in [6, 6.07) is 4.34. The van der Waals surface area contributed by atoms with Gasteiger partial charge in [0.1, 0.15) is 0 Å². The van der Waals surface area contributed by atoms with Crippen LogP contribution in [0.15, 0.2) is 18.2 Å². The van der Waals surface area contributed by atoms with Crippen molar-refractivity contribution in [3.8, 4) is 0 Å². The van der Waals surface area contributed by atoms with Gasteiger partial charge in [-0.05, 0) is 11.6 Å². The SMILES string of the molecule is CC(C)(CO)[C@@H](c1cc([N+](=O)[O-])ccc1Cl)N1CCNCC1. The molecule has 0 saturated carbocycles. The molecule has 0 radical (unpaired) electrons. The van der Waals surface area contributed by atoms with Gasteiger partial charge in [0.05, 0.1) is 4.92 Å². The zero-order chi connectivity index (χ0) is 16.3. The van der Waals surface area contributed by atoms with E-state index in [2.05, 4.69) is 10.2 Å². The van der Waals surface area contributed by atoms with Gasteiger partial charge in [-0.3, -0.25) is 15.0 Å². The standard InChI is InChI=1S/C15H22ClN3O3/c1-15(2,10-20)14(18-7-5-17-6-8-18)12-9-11(19(21)22)3-4-13(12)16/h3-4,9,14,17,20H,5-8,10H2,1-2H3/t14-/m1/s1. The Morgan fingerprint density at radius 2 is 2.09 bits per heavy atom. The van der Waals surface area contributed by atoms with E-state index in [1.165, 1.54) is 12.1 Å². The topological polar surface area (TPSA) is 78.6 Å². The Kier molecular flexibility index (Phi) is 5.39. The Labute approximate surface area is 135 Å². The lowest BCUT2D eigenvalue weighted by atomic mass is 9.79. The van der Waals surface area contributed by atoms with Crippen LogP contribution < -0.4 is 5.32 Å². The fraction of sp³-hybridized carbons (Fsp3) is 0.600. The number of nitro groups is 1. The number of hydrogen-bond acceptors (Lipinski definition) is 5. The van der Waals surface area contributed by atoms with Crippen molar-refractivity contribution in [1.29, 1.82) is 0 Å². The lowest BCUT2D eigenvalue weighted by Crippen LogP contribution is -2.49. The molecule has 1 aromatic rings. The van der Waals surface area contributed by atoms with Crippen LogP contribution in [0.3, 0.4) is 0 Å². The second kappa shape index (κ2) is 6.91. The van der Waals surface area contributed by atoms with Gasteiger partial charge in [0, 0.05) is 61.4 Å². The molecule has 6 nitrogen and oxygen atoms in total. The maximum absolute atomic E-state index is 11.1. The van der Waals surface area contributed by atoms with Crippen LogP contribution in [0.4, 0.5) is 5.69 Å². The third-order valence-electron chi connectivity index (χ3n) is 4.15. The molecule has 0 spiro atoms. The monoisotopic (exact) mass is 327 g/mol. The number of nitrogens with one attached hydrogen (secondary N) is 1. The molecule has 1 aliphatic heterocycles. The summed E-state index contributed by atoms with van der Waals surface area (Å²) in [5.41, 5.74) is 0.265. The first-order valence-corrected chi connectivity index (χ1v) is 7.74. The van der Waals surface area contributed by atoms with Crippen LogP contribution in [-0.2, 0) is 0 Å². The van der Waals surface area contributed by atoms with Crippen LogP contribution in [0.1, 0.15) is 25.5 Å². The maximum atomic E-state index is 11.1. The third-order valence-corrected chi connectivity index (χ3v) is 4.49. The highest BCUT2D eigenvalue weighted by Crippen LogP contribution is 2.42. The quantitative estimate of drug-likeness (QED) is 0.640. The molecular weight excluding hydrogens is 306 g/mol. The van der Waals surface area contributed by atoms with E-state index in [4.69, 9.17) is 11.6 Å². The maximum Gasteiger partial charge on any atom is 0.269 e. The Morgan fingerprint density at radius 3 is 2.64 bits per heavy atom. The summed E-state index contributed by atoms with van der Waals surface area (Å²) >= 11 is 6.33. The van der Waals surface area contributed by atoms with Crippen molar-refractivity contribution in [3.63, 3.8) is 0 Å². The normalized spacial score (nSPS) is 18.2. The van der Waals surface area contributed by atoms with Crippen LogP contribution in [0, 0.1) is 15.5 Å². The number of nitrogens with zero attached hydrogens (tertiary/aromatic N) is 2. The number of aliphatic hydroxyl groups is 1. The van der Waals surface area contributed by atoms with E-state index >= 15 is 0 Å². The van der Waals surface area contributed by atoms with Gasteiger partial charge in [-0.1, -0.05) is 25.4 Å². The second-order valence-corrected chi connectivity index (χ2v) is 6.71. The van der Waals surface area contributed by atoms with Gasteiger partial charge in [0.15, 0.2) is 0 Å². The van der Waals surface area contributed by atoms with Crippen molar-refractivity contribution in [2.45, 2.75) is 19.9 Å². The molecule has 0 aliphatic carbocycles. The van der Waals surface area contributed by atoms with Crippen molar-refractivity contribution in [2.75, 3.05) is 32.8 Å². The molecule has 2 N–H and O–H groups in total. The van der Waals surface area contributed by atoms with Crippen LogP contribution in [0.2, 0.25) is 5.02 Å². The van der Waals surface area contributed by atoms with Crippen molar-refractivity contribution in [1.82, 2.24) is 10.2 Å². The van der Waals surface area contributed by atoms with Gasteiger partial charge in [-0.2, -0.15) is 0 Å². The van der Waals surface area contributed by atoms with Gasteiger partial charge in [0.25, 0.3) is 5.69 Å². The molecule has 0 bridgehead atoms. The van der Waals surface area contributed by atoms with E-state index in [0.29, 0.717) is 10.6 Å². The number of piperazine rings is 1. The van der Waals surface area contributed by atoms with E-state index < -0.39 is 10.3 Å². The summed E-state index contributed by atoms with van der Waals surface area (Å²) in [5.74, 6) is 0. The van der Waals surface area contributed by atoms with E-state index in [1.807, 2.05) is 13.8 Å². The summed E-state index contributed by atoms with van der Waals surface area (Å²) in [7, 11) is 0. The molecule has 0 unspecified atom stereocenters. The minimum Gasteiger partial charge on any atom is -0.396 e. The molecular formula is C15H22ClN3O3. The number of halogens is 1. The van der Waals surface area contributed by atoms with Gasteiger partial charge in [0.2, 0.25) is 0 Å². The summed E-state index contributed by atoms with van der Waals surface area (Å²) in [6.07, 6.45) is 0. The van der Waals surface area contributed by atoms with E-state index in [1.54, 1.807) is 6.07 Å². The van der Waals surface area contributed by atoms with Crippen LogP contribution in [0.25, 0.3) is 0 Å². The Bertz CT molecular complexity index is 545. The summed E-state index contributed by atoms with van der Waals surface area (Å²) in [4.78, 5) is 12.9. The molecule has 22 heavy (non-hydrogen) atoms. The lowest BCUT2D eigenvalue weighted by Gasteiger charge is -2.43. The average molecular weight is 328 g/mol. The number of hydrogen-bond donors (Lipinski definition) is 2. The van der Waals surface area contributed by atoms with E-state index in [9.17, 15) is 15.2 Å². The minimum absolute atomic E-state index is 0.0216. The average Bonchev–Trinajstić information content (AvgIpc) is 2.50.